The molecule has 0 spiro atoms. The number of hydrogen-bond donors (Lipinski definition) is 0. The molecule has 1 heterocycles. The van der Waals surface area contributed by atoms with Crippen LogP contribution in [0.25, 0.3) is 22.4 Å². The van der Waals surface area contributed by atoms with Gasteiger partial charge in [0.1, 0.15) is 5.82 Å². The van der Waals surface area contributed by atoms with E-state index in [2.05, 4.69) is 43.1 Å². The number of unbranched alkanes of at least 4 members (excludes halogenated alkanes) is 7. The van der Waals surface area contributed by atoms with Gasteiger partial charge < -0.3 is 0 Å². The van der Waals surface area contributed by atoms with Crippen molar-refractivity contribution in [3.05, 3.63) is 77.7 Å². The van der Waals surface area contributed by atoms with E-state index in [0.717, 1.165) is 36.0 Å². The van der Waals surface area contributed by atoms with Crippen molar-refractivity contribution in [2.24, 2.45) is 0 Å². The maximum Gasteiger partial charge on any atom is 0.132 e. The van der Waals surface area contributed by atoms with Crippen LogP contribution in [-0.2, 0) is 12.8 Å². The van der Waals surface area contributed by atoms with Gasteiger partial charge in [-0.1, -0.05) is 95.2 Å². The Labute approximate surface area is 194 Å². The molecule has 3 rings (SSSR count). The highest BCUT2D eigenvalue weighted by Gasteiger charge is 2.08. The minimum atomic E-state index is -0.182. The first-order valence-corrected chi connectivity index (χ1v) is 12.6. The molecular formula is C30H38FN. The number of nitrogens with zero attached hydrogens (tertiary/aromatic N) is 1. The van der Waals surface area contributed by atoms with Gasteiger partial charge in [-0.3, -0.25) is 4.98 Å². The van der Waals surface area contributed by atoms with Crippen LogP contribution in [0, 0.1) is 5.82 Å². The van der Waals surface area contributed by atoms with E-state index in [1.54, 1.807) is 6.07 Å². The fourth-order valence-corrected chi connectivity index (χ4v) is 4.20. The molecule has 0 bridgehead atoms. The second-order valence-corrected chi connectivity index (χ2v) is 8.92. The summed E-state index contributed by atoms with van der Waals surface area (Å²) in [4.78, 5) is 4.56. The third-order valence-electron chi connectivity index (χ3n) is 6.25. The Balaban J connectivity index is 1.57. The van der Waals surface area contributed by atoms with Crippen LogP contribution < -0.4 is 0 Å². The molecule has 0 aliphatic rings. The predicted octanol–water partition coefficient (Wildman–Crippen LogP) is 9.19. The highest BCUT2D eigenvalue weighted by atomic mass is 19.1. The van der Waals surface area contributed by atoms with Gasteiger partial charge in [-0.2, -0.15) is 0 Å². The number of halogens is 1. The Morgan fingerprint density at radius 2 is 1.22 bits per heavy atom. The summed E-state index contributed by atoms with van der Waals surface area (Å²) in [7, 11) is 0. The van der Waals surface area contributed by atoms with Gasteiger partial charge in [-0.05, 0) is 60.6 Å². The maximum atomic E-state index is 14.7. The molecule has 0 fully saturated rings. The third-order valence-corrected chi connectivity index (χ3v) is 6.25. The molecule has 1 aromatic heterocycles. The van der Waals surface area contributed by atoms with E-state index in [0.29, 0.717) is 11.3 Å². The zero-order chi connectivity index (χ0) is 22.6. The minimum Gasteiger partial charge on any atom is -0.256 e. The van der Waals surface area contributed by atoms with Crippen LogP contribution in [0.5, 0.6) is 0 Å². The average molecular weight is 432 g/mol. The van der Waals surface area contributed by atoms with E-state index in [9.17, 15) is 4.39 Å². The van der Waals surface area contributed by atoms with Crippen LogP contribution in [0.2, 0.25) is 0 Å². The van der Waals surface area contributed by atoms with Crippen molar-refractivity contribution in [1.82, 2.24) is 4.98 Å². The van der Waals surface area contributed by atoms with Crippen LogP contribution >= 0.6 is 0 Å². The highest BCUT2D eigenvalue weighted by molar-refractivity contribution is 5.67. The van der Waals surface area contributed by atoms with Gasteiger partial charge in [0.05, 0.1) is 5.69 Å². The molecule has 32 heavy (non-hydrogen) atoms. The Morgan fingerprint density at radius 1 is 0.625 bits per heavy atom. The van der Waals surface area contributed by atoms with Gasteiger partial charge in [-0.15, -0.1) is 0 Å². The van der Waals surface area contributed by atoms with Crippen molar-refractivity contribution < 1.29 is 4.39 Å². The second-order valence-electron chi connectivity index (χ2n) is 8.92. The molecule has 3 aromatic rings. The maximum absolute atomic E-state index is 14.7. The molecule has 0 radical (unpaired) electrons. The monoisotopic (exact) mass is 431 g/mol. The highest BCUT2D eigenvalue weighted by Crippen LogP contribution is 2.26. The number of aromatic nitrogens is 1. The van der Waals surface area contributed by atoms with Crippen LogP contribution in [0.3, 0.4) is 0 Å². The first-order valence-electron chi connectivity index (χ1n) is 12.6. The molecule has 0 unspecified atom stereocenters. The first kappa shape index (κ1) is 24.2. The first-order chi connectivity index (χ1) is 15.7. The molecule has 0 atom stereocenters. The van der Waals surface area contributed by atoms with E-state index in [1.165, 1.54) is 56.9 Å². The molecule has 2 heteroatoms. The minimum absolute atomic E-state index is 0.182. The normalized spacial score (nSPS) is 11.1. The topological polar surface area (TPSA) is 12.9 Å². The Kier molecular flexibility index (Phi) is 9.94. The van der Waals surface area contributed by atoms with Gasteiger partial charge in [-0.25, -0.2) is 4.39 Å². The molecule has 170 valence electrons. The van der Waals surface area contributed by atoms with E-state index in [1.807, 2.05) is 30.5 Å². The number of benzene rings is 2. The zero-order valence-corrected chi connectivity index (χ0v) is 19.9. The summed E-state index contributed by atoms with van der Waals surface area (Å²) in [5, 5.41) is 0. The molecule has 0 saturated carbocycles. The summed E-state index contributed by atoms with van der Waals surface area (Å²) < 4.78 is 14.7. The third kappa shape index (κ3) is 7.29. The van der Waals surface area contributed by atoms with Crippen LogP contribution in [-0.4, -0.2) is 4.98 Å². The molecule has 1 nitrogen and oxygen atoms in total. The molecule has 0 N–H and O–H groups in total. The smallest absolute Gasteiger partial charge is 0.132 e. The number of hydrogen-bond acceptors (Lipinski definition) is 1. The van der Waals surface area contributed by atoms with Gasteiger partial charge in [0.25, 0.3) is 0 Å². The second kappa shape index (κ2) is 13.2. The summed E-state index contributed by atoms with van der Waals surface area (Å²) in [5.41, 5.74) is 5.95. The molecule has 0 saturated heterocycles. The lowest BCUT2D eigenvalue weighted by Crippen LogP contribution is -1.92. The SMILES string of the molecule is CCCCCCCCc1ccc(-c2ccc(-c3ccc(CCCCC)cc3F)nc2)cc1. The lowest BCUT2D eigenvalue weighted by atomic mass is 10.0. The van der Waals surface area contributed by atoms with Gasteiger partial charge in [0.15, 0.2) is 0 Å². The number of rotatable bonds is 13. The molecule has 0 aliphatic heterocycles. The van der Waals surface area contributed by atoms with Gasteiger partial charge >= 0.3 is 0 Å². The van der Waals surface area contributed by atoms with Crippen molar-refractivity contribution in [2.45, 2.75) is 84.5 Å². The lowest BCUT2D eigenvalue weighted by Gasteiger charge is -2.08. The Hall–Kier alpha value is -2.48. The van der Waals surface area contributed by atoms with E-state index >= 15 is 0 Å². The number of aryl methyl sites for hydroxylation is 2. The Bertz CT molecular complexity index is 928. The van der Waals surface area contributed by atoms with E-state index in [4.69, 9.17) is 0 Å². The van der Waals surface area contributed by atoms with Crippen LogP contribution in [0.15, 0.2) is 60.8 Å². The summed E-state index contributed by atoms with van der Waals surface area (Å²) in [6, 6.07) is 18.3. The quantitative estimate of drug-likeness (QED) is 0.246. The van der Waals surface area contributed by atoms with Crippen molar-refractivity contribution in [3.63, 3.8) is 0 Å². The van der Waals surface area contributed by atoms with Gasteiger partial charge in [0.2, 0.25) is 0 Å². The standard InChI is InChI=1S/C30H38FN/c1-3-5-7-8-9-11-12-24-14-17-26(18-15-24)27-19-21-30(32-23-27)28-20-16-25(22-29(28)31)13-10-6-4-2/h14-23H,3-13H2,1-2H3. The lowest BCUT2D eigenvalue weighted by molar-refractivity contribution is 0.607. The summed E-state index contributed by atoms with van der Waals surface area (Å²) >= 11 is 0. The number of pyridine rings is 1. The van der Waals surface area contributed by atoms with Crippen molar-refractivity contribution in [3.8, 4) is 22.4 Å². The van der Waals surface area contributed by atoms with Crippen LogP contribution in [0.4, 0.5) is 4.39 Å². The summed E-state index contributed by atoms with van der Waals surface area (Å²) in [5.74, 6) is -0.182. The molecule has 0 aliphatic carbocycles. The molecular weight excluding hydrogens is 393 g/mol. The van der Waals surface area contributed by atoms with Crippen molar-refractivity contribution in [2.75, 3.05) is 0 Å². The van der Waals surface area contributed by atoms with E-state index in [-0.39, 0.29) is 5.82 Å². The van der Waals surface area contributed by atoms with E-state index < -0.39 is 0 Å². The summed E-state index contributed by atoms with van der Waals surface area (Å²) in [6.45, 7) is 4.44. The van der Waals surface area contributed by atoms with Crippen molar-refractivity contribution >= 4 is 0 Å². The van der Waals surface area contributed by atoms with Gasteiger partial charge in [0, 0.05) is 17.3 Å². The fourth-order valence-electron chi connectivity index (χ4n) is 4.20. The van der Waals surface area contributed by atoms with Crippen LogP contribution in [0.1, 0.15) is 82.8 Å². The molecule has 2 aromatic carbocycles. The fraction of sp³-hybridized carbons (Fsp3) is 0.433. The Morgan fingerprint density at radius 3 is 1.91 bits per heavy atom. The predicted molar refractivity (Wildman–Crippen MR) is 135 cm³/mol. The molecule has 0 amide bonds. The van der Waals surface area contributed by atoms with Crippen molar-refractivity contribution in [1.29, 1.82) is 0 Å². The largest absolute Gasteiger partial charge is 0.256 e. The zero-order valence-electron chi connectivity index (χ0n) is 19.9. The summed E-state index contributed by atoms with van der Waals surface area (Å²) in [6.07, 6.45) is 15.4. The average Bonchev–Trinajstić information content (AvgIpc) is 2.82.